The van der Waals surface area contributed by atoms with Crippen LogP contribution in [0.4, 0.5) is 5.69 Å². The number of nitrogens with one attached hydrogen (secondary N) is 2. The summed E-state index contributed by atoms with van der Waals surface area (Å²) >= 11 is 0. The summed E-state index contributed by atoms with van der Waals surface area (Å²) in [5.41, 5.74) is 4.27. The molecule has 0 saturated carbocycles. The number of para-hydroxylation sites is 2. The molecule has 3 rings (SSSR count). The number of nitrogens with zero attached hydrogens (tertiary/aromatic N) is 1. The van der Waals surface area contributed by atoms with Crippen LogP contribution in [0.3, 0.4) is 0 Å². The fourth-order valence-electron chi connectivity index (χ4n) is 2.71. The van der Waals surface area contributed by atoms with Gasteiger partial charge < -0.3 is 19.5 Å². The van der Waals surface area contributed by atoms with E-state index in [-0.39, 0.29) is 18.4 Å². The molecule has 32 heavy (non-hydrogen) atoms. The van der Waals surface area contributed by atoms with Gasteiger partial charge in [0.2, 0.25) is 0 Å². The summed E-state index contributed by atoms with van der Waals surface area (Å²) in [6.45, 7) is -0.149. The highest BCUT2D eigenvalue weighted by atomic mass is 16.5. The van der Waals surface area contributed by atoms with Gasteiger partial charge >= 0.3 is 0 Å². The molecule has 3 aromatic carbocycles. The number of methoxy groups -OCH3 is 2. The second-order valence-electron chi connectivity index (χ2n) is 6.53. The molecule has 0 spiro atoms. The number of hydrogen-bond donors (Lipinski definition) is 2. The molecule has 0 atom stereocenters. The normalized spacial score (nSPS) is 10.4. The van der Waals surface area contributed by atoms with E-state index in [0.717, 1.165) is 5.56 Å². The van der Waals surface area contributed by atoms with E-state index < -0.39 is 0 Å². The summed E-state index contributed by atoms with van der Waals surface area (Å²) in [6.07, 6.45) is 1.51. The third kappa shape index (κ3) is 6.33. The first-order valence-corrected chi connectivity index (χ1v) is 9.72. The van der Waals surface area contributed by atoms with Crippen molar-refractivity contribution in [2.24, 2.45) is 5.10 Å². The molecular formula is C24H23N3O5. The number of hydrazone groups is 1. The zero-order chi connectivity index (χ0) is 22.8. The van der Waals surface area contributed by atoms with Crippen LogP contribution in [0, 0.1) is 0 Å². The lowest BCUT2D eigenvalue weighted by Gasteiger charge is -2.10. The van der Waals surface area contributed by atoms with Crippen molar-refractivity contribution in [1.82, 2.24) is 5.43 Å². The van der Waals surface area contributed by atoms with Crippen molar-refractivity contribution in [3.8, 4) is 17.2 Å². The zero-order valence-electron chi connectivity index (χ0n) is 17.7. The average Bonchev–Trinajstić information content (AvgIpc) is 2.84. The van der Waals surface area contributed by atoms with Crippen molar-refractivity contribution in [3.63, 3.8) is 0 Å². The van der Waals surface area contributed by atoms with Crippen LogP contribution in [0.5, 0.6) is 17.2 Å². The van der Waals surface area contributed by atoms with Crippen molar-refractivity contribution in [2.75, 3.05) is 26.1 Å². The lowest BCUT2D eigenvalue weighted by molar-refractivity contribution is -0.118. The maximum Gasteiger partial charge on any atom is 0.271 e. The molecule has 0 fully saturated rings. The van der Waals surface area contributed by atoms with Gasteiger partial charge in [0.15, 0.2) is 6.61 Å². The molecular weight excluding hydrogens is 410 g/mol. The Labute approximate surface area is 185 Å². The van der Waals surface area contributed by atoms with Gasteiger partial charge in [0.05, 0.1) is 26.1 Å². The second kappa shape index (κ2) is 11.2. The fourth-order valence-corrected chi connectivity index (χ4v) is 2.71. The van der Waals surface area contributed by atoms with E-state index in [0.29, 0.717) is 28.5 Å². The summed E-state index contributed by atoms with van der Waals surface area (Å²) in [5.74, 6) is 1.14. The Balaban J connectivity index is 1.47. The van der Waals surface area contributed by atoms with Gasteiger partial charge in [0.25, 0.3) is 11.8 Å². The van der Waals surface area contributed by atoms with Crippen LogP contribution in [0.2, 0.25) is 0 Å². The number of carbonyl (C=O) groups excluding carboxylic acids is 2. The monoisotopic (exact) mass is 433 g/mol. The average molecular weight is 433 g/mol. The third-order valence-electron chi connectivity index (χ3n) is 4.36. The summed E-state index contributed by atoms with van der Waals surface area (Å²) in [6, 6.07) is 20.8. The standard InChI is InChI=1S/C24H23N3O5/c1-30-19-13-9-18(10-14-19)24(29)27-25-15-17-7-11-20(12-8-17)32-16-23(28)26-21-5-3-4-6-22(21)31-2/h3-15H,16H2,1-2H3,(H,26,28)(H,27,29)/b25-15+. The third-order valence-corrected chi connectivity index (χ3v) is 4.36. The van der Waals surface area contributed by atoms with E-state index >= 15 is 0 Å². The lowest BCUT2D eigenvalue weighted by Crippen LogP contribution is -2.20. The molecule has 0 aliphatic carbocycles. The van der Waals surface area contributed by atoms with Crippen molar-refractivity contribution >= 4 is 23.7 Å². The Hall–Kier alpha value is -4.33. The van der Waals surface area contributed by atoms with E-state index in [2.05, 4.69) is 15.8 Å². The molecule has 0 saturated heterocycles. The largest absolute Gasteiger partial charge is 0.497 e. The number of hydrogen-bond acceptors (Lipinski definition) is 6. The smallest absolute Gasteiger partial charge is 0.271 e. The van der Waals surface area contributed by atoms with Gasteiger partial charge in [-0.15, -0.1) is 0 Å². The van der Waals surface area contributed by atoms with Crippen LogP contribution in [-0.4, -0.2) is 38.9 Å². The first-order chi connectivity index (χ1) is 15.6. The summed E-state index contributed by atoms with van der Waals surface area (Å²) in [4.78, 5) is 24.2. The van der Waals surface area contributed by atoms with Crippen molar-refractivity contribution in [1.29, 1.82) is 0 Å². The summed E-state index contributed by atoms with van der Waals surface area (Å²) in [7, 11) is 3.10. The van der Waals surface area contributed by atoms with E-state index in [4.69, 9.17) is 14.2 Å². The van der Waals surface area contributed by atoms with Gasteiger partial charge in [-0.25, -0.2) is 5.43 Å². The van der Waals surface area contributed by atoms with Gasteiger partial charge in [0.1, 0.15) is 17.2 Å². The maximum absolute atomic E-state index is 12.1. The molecule has 3 aromatic rings. The molecule has 164 valence electrons. The van der Waals surface area contributed by atoms with Gasteiger partial charge in [-0.05, 0) is 66.2 Å². The Morgan fingerprint density at radius 1 is 0.875 bits per heavy atom. The van der Waals surface area contributed by atoms with E-state index in [1.807, 2.05) is 6.07 Å². The zero-order valence-corrected chi connectivity index (χ0v) is 17.7. The predicted octanol–water partition coefficient (Wildman–Crippen LogP) is 3.49. The molecule has 0 unspecified atom stereocenters. The minimum atomic E-state index is -0.329. The topological polar surface area (TPSA) is 98.3 Å². The highest BCUT2D eigenvalue weighted by Gasteiger charge is 2.08. The second-order valence-corrected chi connectivity index (χ2v) is 6.53. The van der Waals surface area contributed by atoms with Crippen molar-refractivity contribution in [2.45, 2.75) is 0 Å². The molecule has 2 N–H and O–H groups in total. The van der Waals surface area contributed by atoms with Gasteiger partial charge in [-0.3, -0.25) is 9.59 Å². The molecule has 0 aliphatic heterocycles. The number of carbonyl (C=O) groups is 2. The highest BCUT2D eigenvalue weighted by Crippen LogP contribution is 2.23. The lowest BCUT2D eigenvalue weighted by atomic mass is 10.2. The number of amides is 2. The SMILES string of the molecule is COc1ccc(C(=O)N/N=C/c2ccc(OCC(=O)Nc3ccccc3OC)cc2)cc1. The van der Waals surface area contributed by atoms with E-state index in [1.165, 1.54) is 13.3 Å². The first kappa shape index (κ1) is 22.4. The van der Waals surface area contributed by atoms with Gasteiger partial charge in [-0.2, -0.15) is 5.10 Å². The van der Waals surface area contributed by atoms with Crippen LogP contribution in [0.1, 0.15) is 15.9 Å². The Bertz CT molecular complexity index is 1080. The van der Waals surface area contributed by atoms with Crippen LogP contribution in [0.25, 0.3) is 0 Å². The highest BCUT2D eigenvalue weighted by molar-refractivity contribution is 5.95. The van der Waals surface area contributed by atoms with E-state index in [9.17, 15) is 9.59 Å². The molecule has 0 aliphatic rings. The first-order valence-electron chi connectivity index (χ1n) is 9.72. The molecule has 0 aromatic heterocycles. The van der Waals surface area contributed by atoms with Crippen LogP contribution < -0.4 is 25.0 Å². The molecule has 0 bridgehead atoms. The Morgan fingerprint density at radius 3 is 2.25 bits per heavy atom. The van der Waals surface area contributed by atoms with Gasteiger partial charge in [0, 0.05) is 5.56 Å². The molecule has 8 nitrogen and oxygen atoms in total. The van der Waals surface area contributed by atoms with E-state index in [1.54, 1.807) is 73.8 Å². The number of benzene rings is 3. The number of ether oxygens (including phenoxy) is 3. The maximum atomic E-state index is 12.1. The minimum absolute atomic E-state index is 0.149. The fraction of sp³-hybridized carbons (Fsp3) is 0.125. The quantitative estimate of drug-likeness (QED) is 0.398. The number of anilines is 1. The van der Waals surface area contributed by atoms with Crippen LogP contribution >= 0.6 is 0 Å². The van der Waals surface area contributed by atoms with Crippen molar-refractivity contribution < 1.29 is 23.8 Å². The molecule has 0 heterocycles. The predicted molar refractivity (Wildman–Crippen MR) is 122 cm³/mol. The molecule has 8 heteroatoms. The minimum Gasteiger partial charge on any atom is -0.497 e. The summed E-state index contributed by atoms with van der Waals surface area (Å²) < 4.78 is 15.8. The van der Waals surface area contributed by atoms with Crippen LogP contribution in [0.15, 0.2) is 77.9 Å². The molecule has 0 radical (unpaired) electrons. The Kier molecular flexibility index (Phi) is 7.80. The number of rotatable bonds is 9. The summed E-state index contributed by atoms with van der Waals surface area (Å²) in [5, 5.41) is 6.70. The molecule has 2 amide bonds. The van der Waals surface area contributed by atoms with Crippen LogP contribution in [-0.2, 0) is 4.79 Å². The van der Waals surface area contributed by atoms with Gasteiger partial charge in [-0.1, -0.05) is 12.1 Å². The van der Waals surface area contributed by atoms with Crippen molar-refractivity contribution in [3.05, 3.63) is 83.9 Å². The Morgan fingerprint density at radius 2 is 1.56 bits per heavy atom.